The number of thioether (sulfide) groups is 1. The van der Waals surface area contributed by atoms with Crippen LogP contribution >= 0.6 is 27.7 Å². The number of hydrogen-bond acceptors (Lipinski definition) is 5. The average molecular weight is 385 g/mol. The summed E-state index contributed by atoms with van der Waals surface area (Å²) in [6.45, 7) is 1.70. The molecule has 1 aromatic carbocycles. The van der Waals surface area contributed by atoms with E-state index in [4.69, 9.17) is 10.00 Å². The van der Waals surface area contributed by atoms with Crippen molar-refractivity contribution in [3.63, 3.8) is 0 Å². The number of esters is 1. The van der Waals surface area contributed by atoms with E-state index in [1.54, 1.807) is 6.92 Å². The Hall–Kier alpha value is -1.52. The van der Waals surface area contributed by atoms with Crippen molar-refractivity contribution in [2.24, 2.45) is 0 Å². The Balaban J connectivity index is 2.25. The van der Waals surface area contributed by atoms with Gasteiger partial charge >= 0.3 is 5.97 Å². The second kappa shape index (κ2) is 10.2. The minimum atomic E-state index is -0.419. The van der Waals surface area contributed by atoms with Crippen molar-refractivity contribution >= 4 is 39.6 Å². The Kier molecular flexibility index (Phi) is 8.63. The number of hydrogen-bond donors (Lipinski definition) is 1. The summed E-state index contributed by atoms with van der Waals surface area (Å²) in [6, 6.07) is 9.78. The molecule has 0 spiro atoms. The first kappa shape index (κ1) is 18.5. The standard InChI is InChI=1S/C15H17BrN2O3S/c1-11(22-10-12-3-5-13(16)6-4-12)15(20)21-9-14(19)18-8-2-7-17/h3-6,11H,2,8-10H2,1H3,(H,18,19)/t11-/m0/s1. The Morgan fingerprint density at radius 1 is 1.41 bits per heavy atom. The van der Waals surface area contributed by atoms with Crippen molar-refractivity contribution in [2.45, 2.75) is 24.3 Å². The molecular formula is C15H17BrN2O3S. The number of carbonyl (C=O) groups excluding carboxylic acids is 2. The zero-order valence-electron chi connectivity index (χ0n) is 12.2. The van der Waals surface area contributed by atoms with Crippen LogP contribution in [0.25, 0.3) is 0 Å². The van der Waals surface area contributed by atoms with Crippen LogP contribution in [-0.4, -0.2) is 30.3 Å². The summed E-state index contributed by atoms with van der Waals surface area (Å²) in [4.78, 5) is 23.1. The fourth-order valence-corrected chi connectivity index (χ4v) is 2.54. The van der Waals surface area contributed by atoms with Gasteiger partial charge in [-0.1, -0.05) is 28.1 Å². The Morgan fingerprint density at radius 2 is 2.09 bits per heavy atom. The highest BCUT2D eigenvalue weighted by molar-refractivity contribution is 9.10. The van der Waals surface area contributed by atoms with Gasteiger partial charge in [0.25, 0.3) is 5.91 Å². The van der Waals surface area contributed by atoms with Gasteiger partial charge in [0.2, 0.25) is 0 Å². The van der Waals surface area contributed by atoms with Gasteiger partial charge in [-0.15, -0.1) is 11.8 Å². The van der Waals surface area contributed by atoms with Crippen molar-refractivity contribution in [2.75, 3.05) is 13.2 Å². The van der Waals surface area contributed by atoms with Crippen LogP contribution in [0.3, 0.4) is 0 Å². The molecule has 0 aliphatic carbocycles. The van der Waals surface area contributed by atoms with E-state index in [1.807, 2.05) is 30.3 Å². The zero-order chi connectivity index (χ0) is 16.4. The zero-order valence-corrected chi connectivity index (χ0v) is 14.6. The molecule has 7 heteroatoms. The number of ether oxygens (including phenoxy) is 1. The Bertz CT molecular complexity index is 543. The normalized spacial score (nSPS) is 11.3. The molecule has 0 saturated carbocycles. The van der Waals surface area contributed by atoms with Gasteiger partial charge in [-0.2, -0.15) is 5.26 Å². The van der Waals surface area contributed by atoms with E-state index in [-0.39, 0.29) is 24.8 Å². The molecule has 0 unspecified atom stereocenters. The van der Waals surface area contributed by atoms with Crippen LogP contribution in [0, 0.1) is 11.3 Å². The van der Waals surface area contributed by atoms with Crippen LogP contribution < -0.4 is 5.32 Å². The average Bonchev–Trinajstić information content (AvgIpc) is 2.52. The highest BCUT2D eigenvalue weighted by Crippen LogP contribution is 2.20. The molecule has 1 amide bonds. The lowest BCUT2D eigenvalue weighted by atomic mass is 10.2. The number of rotatable bonds is 8. The first-order valence-corrected chi connectivity index (χ1v) is 8.53. The van der Waals surface area contributed by atoms with E-state index < -0.39 is 11.9 Å². The lowest BCUT2D eigenvalue weighted by Crippen LogP contribution is -2.31. The maximum Gasteiger partial charge on any atom is 0.319 e. The van der Waals surface area contributed by atoms with Gasteiger partial charge in [0.1, 0.15) is 0 Å². The monoisotopic (exact) mass is 384 g/mol. The lowest BCUT2D eigenvalue weighted by Gasteiger charge is -2.11. The quantitative estimate of drug-likeness (QED) is 0.550. The van der Waals surface area contributed by atoms with E-state index >= 15 is 0 Å². The van der Waals surface area contributed by atoms with Crippen molar-refractivity contribution in [1.29, 1.82) is 5.26 Å². The second-order valence-electron chi connectivity index (χ2n) is 4.45. The van der Waals surface area contributed by atoms with E-state index in [9.17, 15) is 9.59 Å². The lowest BCUT2D eigenvalue weighted by molar-refractivity contribution is -0.147. The highest BCUT2D eigenvalue weighted by atomic mass is 79.9. The molecule has 1 N–H and O–H groups in total. The van der Waals surface area contributed by atoms with E-state index in [0.29, 0.717) is 5.75 Å². The third kappa shape index (κ3) is 7.48. The van der Waals surface area contributed by atoms with Gasteiger partial charge in [-0.25, -0.2) is 0 Å². The van der Waals surface area contributed by atoms with Gasteiger partial charge in [-0.05, 0) is 24.6 Å². The van der Waals surface area contributed by atoms with Crippen LogP contribution in [0.2, 0.25) is 0 Å². The summed E-state index contributed by atoms with van der Waals surface area (Å²) < 4.78 is 5.95. The van der Waals surface area contributed by atoms with E-state index in [2.05, 4.69) is 21.2 Å². The van der Waals surface area contributed by atoms with Crippen molar-refractivity contribution in [3.8, 4) is 6.07 Å². The number of nitrogens with zero attached hydrogens (tertiary/aromatic N) is 1. The van der Waals surface area contributed by atoms with Crippen LogP contribution in [0.1, 0.15) is 18.9 Å². The molecule has 0 aliphatic heterocycles. The number of nitrogens with one attached hydrogen (secondary N) is 1. The molecule has 0 aromatic heterocycles. The van der Waals surface area contributed by atoms with Gasteiger partial charge in [0.15, 0.2) is 6.61 Å². The first-order valence-electron chi connectivity index (χ1n) is 6.69. The molecular weight excluding hydrogens is 368 g/mol. The predicted molar refractivity (Wildman–Crippen MR) is 89.1 cm³/mol. The molecule has 0 aliphatic rings. The summed E-state index contributed by atoms with van der Waals surface area (Å²) in [5.41, 5.74) is 1.11. The second-order valence-corrected chi connectivity index (χ2v) is 6.69. The smallest absolute Gasteiger partial charge is 0.319 e. The van der Waals surface area contributed by atoms with Gasteiger partial charge in [0.05, 0.1) is 17.7 Å². The maximum absolute atomic E-state index is 11.8. The van der Waals surface area contributed by atoms with E-state index in [1.165, 1.54) is 11.8 Å². The predicted octanol–water partition coefficient (Wildman–Crippen LogP) is 2.64. The molecule has 1 aromatic rings. The third-order valence-corrected chi connectivity index (χ3v) is 4.37. The fourth-order valence-electron chi connectivity index (χ4n) is 1.43. The SMILES string of the molecule is C[C@H](SCc1ccc(Br)cc1)C(=O)OCC(=O)NCCC#N. The number of carbonyl (C=O) groups is 2. The van der Waals surface area contributed by atoms with Gasteiger partial charge < -0.3 is 10.1 Å². The largest absolute Gasteiger partial charge is 0.455 e. The molecule has 1 rings (SSSR count). The van der Waals surface area contributed by atoms with Crippen LogP contribution in [0.5, 0.6) is 0 Å². The molecule has 22 heavy (non-hydrogen) atoms. The fraction of sp³-hybridized carbons (Fsp3) is 0.400. The molecule has 0 bridgehead atoms. The highest BCUT2D eigenvalue weighted by Gasteiger charge is 2.16. The summed E-state index contributed by atoms with van der Waals surface area (Å²) in [5.74, 6) is -0.121. The topological polar surface area (TPSA) is 79.2 Å². The van der Waals surface area contributed by atoms with Gasteiger partial charge in [-0.3, -0.25) is 9.59 Å². The summed E-state index contributed by atoms with van der Waals surface area (Å²) in [6.07, 6.45) is 0.235. The summed E-state index contributed by atoms with van der Waals surface area (Å²) in [7, 11) is 0. The van der Waals surface area contributed by atoms with Gasteiger partial charge in [0, 0.05) is 16.8 Å². The number of nitriles is 1. The van der Waals surface area contributed by atoms with Crippen molar-refractivity contribution < 1.29 is 14.3 Å². The molecule has 0 radical (unpaired) electrons. The Labute approximate surface area is 142 Å². The molecule has 0 saturated heterocycles. The number of benzene rings is 1. The molecule has 1 atom stereocenters. The van der Waals surface area contributed by atoms with Crippen LogP contribution in [0.15, 0.2) is 28.7 Å². The van der Waals surface area contributed by atoms with Crippen LogP contribution in [0.4, 0.5) is 0 Å². The minimum absolute atomic E-state index is 0.235. The number of amides is 1. The number of halogens is 1. The van der Waals surface area contributed by atoms with E-state index in [0.717, 1.165) is 10.0 Å². The minimum Gasteiger partial charge on any atom is -0.455 e. The molecule has 5 nitrogen and oxygen atoms in total. The molecule has 118 valence electrons. The van der Waals surface area contributed by atoms with Crippen molar-refractivity contribution in [3.05, 3.63) is 34.3 Å². The van der Waals surface area contributed by atoms with Crippen molar-refractivity contribution in [1.82, 2.24) is 5.32 Å². The molecule has 0 heterocycles. The third-order valence-electron chi connectivity index (χ3n) is 2.65. The Morgan fingerprint density at radius 3 is 2.73 bits per heavy atom. The molecule has 0 fully saturated rings. The van der Waals surface area contributed by atoms with Crippen LogP contribution in [-0.2, 0) is 20.1 Å². The first-order chi connectivity index (χ1) is 10.5. The maximum atomic E-state index is 11.8. The summed E-state index contributed by atoms with van der Waals surface area (Å²) >= 11 is 4.82. The summed E-state index contributed by atoms with van der Waals surface area (Å²) in [5, 5.41) is 10.5.